The van der Waals surface area contributed by atoms with Crippen molar-refractivity contribution in [1.29, 1.82) is 0 Å². The van der Waals surface area contributed by atoms with Gasteiger partial charge in [0, 0.05) is 0 Å². The fraction of sp³-hybridized carbons (Fsp3) is 0.375. The molecule has 1 aliphatic rings. The van der Waals surface area contributed by atoms with Crippen molar-refractivity contribution >= 4 is 23.5 Å². The van der Waals surface area contributed by atoms with E-state index >= 15 is 0 Å². The first-order chi connectivity index (χ1) is 13.8. The van der Waals surface area contributed by atoms with Crippen molar-refractivity contribution in [3.8, 4) is 0 Å². The van der Waals surface area contributed by atoms with Gasteiger partial charge in [0.05, 0.1) is 29.0 Å². The Hall–Kier alpha value is -2.95. The molecule has 152 valence electrons. The van der Waals surface area contributed by atoms with Crippen molar-refractivity contribution in [2.75, 3.05) is 11.5 Å². The second kappa shape index (κ2) is 8.19. The first-order valence-electron chi connectivity index (χ1n) is 10.1. The third kappa shape index (κ3) is 3.57. The Morgan fingerprint density at radius 3 is 2.07 bits per heavy atom. The van der Waals surface area contributed by atoms with Crippen LogP contribution in [0.5, 0.6) is 0 Å². The van der Waals surface area contributed by atoms with Crippen LogP contribution in [0.3, 0.4) is 0 Å². The van der Waals surface area contributed by atoms with Crippen LogP contribution in [0.4, 0.5) is 5.69 Å². The lowest BCUT2D eigenvalue weighted by atomic mass is 9.92. The minimum absolute atomic E-state index is 0.127. The van der Waals surface area contributed by atoms with Crippen LogP contribution in [0, 0.1) is 0 Å². The fourth-order valence-corrected chi connectivity index (χ4v) is 3.70. The Bertz CT molecular complexity index is 949. The Labute approximate surface area is 171 Å². The Morgan fingerprint density at radius 1 is 0.931 bits per heavy atom. The first-order valence-corrected chi connectivity index (χ1v) is 10.1. The van der Waals surface area contributed by atoms with Crippen LogP contribution in [0.15, 0.2) is 36.4 Å². The molecule has 0 aliphatic carbocycles. The summed E-state index contributed by atoms with van der Waals surface area (Å²) < 4.78 is 5.23. The third-order valence-electron chi connectivity index (χ3n) is 5.14. The van der Waals surface area contributed by atoms with Gasteiger partial charge in [-0.1, -0.05) is 58.9 Å². The first kappa shape index (κ1) is 20.8. The molecule has 0 atom stereocenters. The minimum atomic E-state index is -0.576. The zero-order valence-electron chi connectivity index (χ0n) is 17.6. The van der Waals surface area contributed by atoms with Gasteiger partial charge in [0.2, 0.25) is 0 Å². The van der Waals surface area contributed by atoms with Crippen molar-refractivity contribution in [2.24, 2.45) is 0 Å². The molecular formula is C24H27NO4. The van der Waals surface area contributed by atoms with E-state index in [9.17, 15) is 14.4 Å². The summed E-state index contributed by atoms with van der Waals surface area (Å²) in [6, 6.07) is 10.6. The number of carbonyl (C=O) groups excluding carboxylic acids is 3. The van der Waals surface area contributed by atoms with Crippen molar-refractivity contribution in [2.45, 2.75) is 52.9 Å². The van der Waals surface area contributed by atoms with Crippen LogP contribution in [0.2, 0.25) is 0 Å². The van der Waals surface area contributed by atoms with E-state index < -0.39 is 17.8 Å². The SMILES string of the molecule is CCCOC(=O)c1cccc2c1C(=O)N(c1c(C(C)C)cccc1C(C)C)C2=O. The maximum Gasteiger partial charge on any atom is 0.338 e. The second-order valence-corrected chi connectivity index (χ2v) is 7.90. The highest BCUT2D eigenvalue weighted by atomic mass is 16.5. The van der Waals surface area contributed by atoms with Crippen molar-refractivity contribution in [1.82, 2.24) is 0 Å². The monoisotopic (exact) mass is 393 g/mol. The number of anilines is 1. The van der Waals surface area contributed by atoms with Crippen LogP contribution in [0.25, 0.3) is 0 Å². The Balaban J connectivity index is 2.17. The summed E-state index contributed by atoms with van der Waals surface area (Å²) in [6.07, 6.45) is 0.680. The molecule has 1 heterocycles. The summed E-state index contributed by atoms with van der Waals surface area (Å²) in [4.78, 5) is 40.5. The maximum absolute atomic E-state index is 13.5. The van der Waals surface area contributed by atoms with Gasteiger partial charge in [-0.25, -0.2) is 9.69 Å². The number of esters is 1. The standard InChI is InChI=1S/C24H27NO4/c1-6-13-29-24(28)19-12-8-11-18-20(19)23(27)25(22(18)26)21-16(14(2)3)9-7-10-17(21)15(4)5/h7-12,14-15H,6,13H2,1-5H3. The van der Waals surface area contributed by atoms with Crippen LogP contribution < -0.4 is 4.90 Å². The average Bonchev–Trinajstić information content (AvgIpc) is 2.95. The summed E-state index contributed by atoms with van der Waals surface area (Å²) in [5.74, 6) is -1.19. The largest absolute Gasteiger partial charge is 0.462 e. The van der Waals surface area contributed by atoms with Crippen molar-refractivity contribution < 1.29 is 19.1 Å². The predicted octanol–water partition coefficient (Wildman–Crippen LogP) is 5.30. The zero-order valence-corrected chi connectivity index (χ0v) is 17.6. The molecular weight excluding hydrogens is 366 g/mol. The molecule has 2 amide bonds. The number of fused-ring (bicyclic) bond motifs is 1. The van der Waals surface area contributed by atoms with Gasteiger partial charge in [-0.3, -0.25) is 9.59 Å². The number of ether oxygens (including phenoxy) is 1. The number of rotatable bonds is 6. The van der Waals surface area contributed by atoms with E-state index in [4.69, 9.17) is 4.74 Å². The fourth-order valence-electron chi connectivity index (χ4n) is 3.70. The van der Waals surface area contributed by atoms with Crippen LogP contribution >= 0.6 is 0 Å². The van der Waals surface area contributed by atoms with Gasteiger partial charge in [0.15, 0.2) is 0 Å². The molecule has 0 spiro atoms. The number of imide groups is 1. The van der Waals surface area contributed by atoms with Crippen LogP contribution in [-0.2, 0) is 4.74 Å². The molecule has 0 saturated carbocycles. The summed E-state index contributed by atoms with van der Waals surface area (Å²) in [6.45, 7) is 10.3. The van der Waals surface area contributed by atoms with Gasteiger partial charge in [0.25, 0.3) is 11.8 Å². The van der Waals surface area contributed by atoms with E-state index in [1.807, 2.05) is 52.8 Å². The zero-order chi connectivity index (χ0) is 21.3. The van der Waals surface area contributed by atoms with Gasteiger partial charge >= 0.3 is 5.97 Å². The minimum Gasteiger partial charge on any atom is -0.462 e. The highest BCUT2D eigenvalue weighted by Gasteiger charge is 2.42. The van der Waals surface area contributed by atoms with Gasteiger partial charge in [-0.2, -0.15) is 0 Å². The molecule has 0 radical (unpaired) electrons. The van der Waals surface area contributed by atoms with E-state index in [1.165, 1.54) is 4.90 Å². The molecule has 2 aromatic carbocycles. The second-order valence-electron chi connectivity index (χ2n) is 7.90. The predicted molar refractivity (Wildman–Crippen MR) is 113 cm³/mol. The van der Waals surface area contributed by atoms with E-state index in [2.05, 4.69) is 0 Å². The quantitative estimate of drug-likeness (QED) is 0.493. The highest BCUT2D eigenvalue weighted by molar-refractivity contribution is 6.36. The average molecular weight is 393 g/mol. The van der Waals surface area contributed by atoms with Gasteiger partial charge in [-0.05, 0) is 41.5 Å². The van der Waals surface area contributed by atoms with Crippen molar-refractivity contribution in [3.63, 3.8) is 0 Å². The Kier molecular flexibility index (Phi) is 5.87. The molecule has 0 bridgehead atoms. The number of amides is 2. The van der Waals surface area contributed by atoms with E-state index in [1.54, 1.807) is 18.2 Å². The van der Waals surface area contributed by atoms with E-state index in [0.717, 1.165) is 11.1 Å². The van der Waals surface area contributed by atoms with E-state index in [-0.39, 0.29) is 35.1 Å². The third-order valence-corrected chi connectivity index (χ3v) is 5.14. The normalized spacial score (nSPS) is 13.4. The molecule has 0 aromatic heterocycles. The van der Waals surface area contributed by atoms with Crippen LogP contribution in [-0.4, -0.2) is 24.4 Å². The molecule has 29 heavy (non-hydrogen) atoms. The number of carbonyl (C=O) groups is 3. The number of hydrogen-bond acceptors (Lipinski definition) is 4. The topological polar surface area (TPSA) is 63.7 Å². The van der Waals surface area contributed by atoms with Crippen LogP contribution in [0.1, 0.15) is 95.1 Å². The van der Waals surface area contributed by atoms with Gasteiger partial charge in [-0.15, -0.1) is 0 Å². The highest BCUT2D eigenvalue weighted by Crippen LogP contribution is 2.40. The summed E-state index contributed by atoms with van der Waals surface area (Å²) in [5, 5.41) is 0. The molecule has 0 unspecified atom stereocenters. The number of para-hydroxylation sites is 1. The Morgan fingerprint density at radius 2 is 1.52 bits per heavy atom. The lowest BCUT2D eigenvalue weighted by Gasteiger charge is -2.25. The lowest BCUT2D eigenvalue weighted by molar-refractivity contribution is 0.0502. The molecule has 0 saturated heterocycles. The molecule has 3 rings (SSSR count). The number of hydrogen-bond donors (Lipinski definition) is 0. The maximum atomic E-state index is 13.5. The summed E-state index contributed by atoms with van der Waals surface area (Å²) in [7, 11) is 0. The number of nitrogens with zero attached hydrogens (tertiary/aromatic N) is 1. The van der Waals surface area contributed by atoms with Gasteiger partial charge < -0.3 is 4.74 Å². The molecule has 0 N–H and O–H groups in total. The summed E-state index contributed by atoms with van der Waals surface area (Å²) >= 11 is 0. The smallest absolute Gasteiger partial charge is 0.338 e. The molecule has 5 nitrogen and oxygen atoms in total. The molecule has 5 heteroatoms. The van der Waals surface area contributed by atoms with E-state index in [0.29, 0.717) is 12.1 Å². The van der Waals surface area contributed by atoms with Crippen molar-refractivity contribution in [3.05, 3.63) is 64.2 Å². The summed E-state index contributed by atoms with van der Waals surface area (Å²) in [5.41, 5.74) is 3.02. The number of benzene rings is 2. The molecule has 0 fully saturated rings. The van der Waals surface area contributed by atoms with Gasteiger partial charge in [0.1, 0.15) is 0 Å². The molecule has 2 aromatic rings. The lowest BCUT2D eigenvalue weighted by Crippen LogP contribution is -2.32. The molecule has 1 aliphatic heterocycles.